The molecule has 4 aromatic heterocycles. The Bertz CT molecular complexity index is 2030. The molecule has 0 aliphatic heterocycles. The van der Waals surface area contributed by atoms with E-state index in [2.05, 4.69) is 36.4 Å². The molecule has 0 atom stereocenters. The zero-order chi connectivity index (χ0) is 31.3. The first-order chi connectivity index (χ1) is 22.7. The number of aliphatic hydroxyl groups is 2. The first kappa shape index (κ1) is 29.0. The standard InChI is InChI=1S/2C19H16N2O2/c2*22-13-15-10-11-18(23-15)19-16-8-4-5-9-17(16)21(20-19)12-14-6-2-1-3-7-14/h2*1-11,22H,12-13H2. The maximum Gasteiger partial charge on any atom is 0.155 e. The van der Waals surface area contributed by atoms with Crippen LogP contribution >= 0.6 is 0 Å². The number of hydrogen-bond acceptors (Lipinski definition) is 6. The normalized spacial score (nSPS) is 11.2. The number of fused-ring (bicyclic) bond motifs is 2. The fourth-order valence-corrected chi connectivity index (χ4v) is 5.55. The molecule has 8 rings (SSSR count). The summed E-state index contributed by atoms with van der Waals surface area (Å²) in [7, 11) is 0. The van der Waals surface area contributed by atoms with Gasteiger partial charge < -0.3 is 19.0 Å². The number of hydrogen-bond donors (Lipinski definition) is 2. The average molecular weight is 609 g/mol. The Morgan fingerprint density at radius 2 is 0.848 bits per heavy atom. The molecule has 0 spiro atoms. The molecular formula is C38H32N4O4. The highest BCUT2D eigenvalue weighted by molar-refractivity contribution is 5.93. The third-order valence-corrected chi connectivity index (χ3v) is 7.77. The minimum atomic E-state index is -0.108. The van der Waals surface area contributed by atoms with Crippen LogP contribution < -0.4 is 0 Å². The molecule has 0 unspecified atom stereocenters. The Kier molecular flexibility index (Phi) is 8.28. The molecule has 8 heteroatoms. The average Bonchev–Trinajstić information content (AvgIpc) is 3.92. The zero-order valence-corrected chi connectivity index (χ0v) is 25.0. The van der Waals surface area contributed by atoms with Crippen molar-refractivity contribution >= 4 is 21.8 Å². The first-order valence-corrected chi connectivity index (χ1v) is 15.1. The van der Waals surface area contributed by atoms with E-state index in [-0.39, 0.29) is 13.2 Å². The van der Waals surface area contributed by atoms with Crippen molar-refractivity contribution in [2.75, 3.05) is 0 Å². The van der Waals surface area contributed by atoms with E-state index in [9.17, 15) is 10.2 Å². The van der Waals surface area contributed by atoms with Crippen LogP contribution in [0.2, 0.25) is 0 Å². The lowest BCUT2D eigenvalue weighted by molar-refractivity contribution is 0.248. The Morgan fingerprint density at radius 1 is 0.457 bits per heavy atom. The Balaban J connectivity index is 0.000000147. The molecule has 0 aliphatic rings. The van der Waals surface area contributed by atoms with Crippen molar-refractivity contribution in [2.24, 2.45) is 0 Å². The van der Waals surface area contributed by atoms with Gasteiger partial charge in [0.25, 0.3) is 0 Å². The molecule has 2 N–H and O–H groups in total. The smallest absolute Gasteiger partial charge is 0.155 e. The van der Waals surface area contributed by atoms with Crippen molar-refractivity contribution in [2.45, 2.75) is 26.3 Å². The largest absolute Gasteiger partial charge is 0.457 e. The lowest BCUT2D eigenvalue weighted by Gasteiger charge is -2.03. The first-order valence-electron chi connectivity index (χ1n) is 15.1. The van der Waals surface area contributed by atoms with Crippen LogP contribution in [0.25, 0.3) is 44.7 Å². The molecular weight excluding hydrogens is 576 g/mol. The number of furan rings is 2. The summed E-state index contributed by atoms with van der Waals surface area (Å²) in [6.45, 7) is 1.19. The maximum atomic E-state index is 9.19. The second-order valence-electron chi connectivity index (χ2n) is 10.9. The predicted molar refractivity (Wildman–Crippen MR) is 178 cm³/mol. The molecule has 0 amide bonds. The molecule has 228 valence electrons. The van der Waals surface area contributed by atoms with E-state index in [1.807, 2.05) is 94.3 Å². The summed E-state index contributed by atoms with van der Waals surface area (Å²) in [5.74, 6) is 2.44. The van der Waals surface area contributed by atoms with Gasteiger partial charge in [0.05, 0.1) is 24.1 Å². The number of rotatable bonds is 8. The van der Waals surface area contributed by atoms with E-state index < -0.39 is 0 Å². The minimum absolute atomic E-state index is 0.108. The van der Waals surface area contributed by atoms with Crippen LogP contribution in [0.1, 0.15) is 22.6 Å². The van der Waals surface area contributed by atoms with E-state index in [0.717, 1.165) is 33.2 Å². The van der Waals surface area contributed by atoms with Gasteiger partial charge in [-0.1, -0.05) is 97.1 Å². The fourth-order valence-electron chi connectivity index (χ4n) is 5.55. The number of aromatic nitrogens is 4. The van der Waals surface area contributed by atoms with Gasteiger partial charge >= 0.3 is 0 Å². The van der Waals surface area contributed by atoms with Crippen molar-refractivity contribution in [1.82, 2.24) is 19.6 Å². The van der Waals surface area contributed by atoms with E-state index in [0.29, 0.717) is 36.1 Å². The third-order valence-electron chi connectivity index (χ3n) is 7.77. The fraction of sp³-hybridized carbons (Fsp3) is 0.105. The monoisotopic (exact) mass is 608 g/mol. The van der Waals surface area contributed by atoms with Gasteiger partial charge in [0.1, 0.15) is 36.1 Å². The Morgan fingerprint density at radius 3 is 1.24 bits per heavy atom. The van der Waals surface area contributed by atoms with Crippen molar-refractivity contribution in [1.29, 1.82) is 0 Å². The summed E-state index contributed by atoms with van der Waals surface area (Å²) in [6, 6.07) is 44.0. The SMILES string of the molecule is OCc1ccc(-c2nn(Cc3ccccc3)c3ccccc23)o1.OCc1ccc(-c2nn(Cc3ccccc3)c3ccccc23)o1. The van der Waals surface area contributed by atoms with E-state index in [4.69, 9.17) is 19.0 Å². The molecule has 0 saturated carbocycles. The summed E-state index contributed by atoms with van der Waals surface area (Å²) in [5.41, 5.74) is 6.12. The van der Waals surface area contributed by atoms with E-state index in [1.54, 1.807) is 12.1 Å². The Hall–Kier alpha value is -5.70. The van der Waals surface area contributed by atoms with Gasteiger partial charge in [-0.15, -0.1) is 0 Å². The van der Waals surface area contributed by atoms with E-state index >= 15 is 0 Å². The summed E-state index contributed by atoms with van der Waals surface area (Å²) in [5, 5.41) is 30.0. The van der Waals surface area contributed by atoms with Crippen molar-refractivity contribution in [3.8, 4) is 22.9 Å². The van der Waals surface area contributed by atoms with Crippen LogP contribution in [0.5, 0.6) is 0 Å². The number of nitrogens with zero attached hydrogens (tertiary/aromatic N) is 4. The minimum Gasteiger partial charge on any atom is -0.457 e. The van der Waals surface area contributed by atoms with Gasteiger partial charge in [0, 0.05) is 10.8 Å². The second-order valence-corrected chi connectivity index (χ2v) is 10.9. The van der Waals surface area contributed by atoms with Crippen LogP contribution in [-0.4, -0.2) is 29.8 Å². The maximum absolute atomic E-state index is 9.19. The molecule has 0 fully saturated rings. The third kappa shape index (κ3) is 5.99. The summed E-state index contributed by atoms with van der Waals surface area (Å²) < 4.78 is 15.3. The molecule has 4 heterocycles. The molecule has 4 aromatic carbocycles. The summed E-state index contributed by atoms with van der Waals surface area (Å²) in [4.78, 5) is 0. The molecule has 46 heavy (non-hydrogen) atoms. The van der Waals surface area contributed by atoms with Crippen LogP contribution in [0.3, 0.4) is 0 Å². The topological polar surface area (TPSA) is 102 Å². The summed E-state index contributed by atoms with van der Waals surface area (Å²) in [6.07, 6.45) is 0. The van der Waals surface area contributed by atoms with Gasteiger partial charge in [0.2, 0.25) is 0 Å². The highest BCUT2D eigenvalue weighted by Crippen LogP contribution is 2.31. The number of aliphatic hydroxyl groups excluding tert-OH is 2. The molecule has 0 saturated heterocycles. The molecule has 0 aliphatic carbocycles. The van der Waals surface area contributed by atoms with Crippen molar-refractivity contribution in [3.05, 3.63) is 156 Å². The summed E-state index contributed by atoms with van der Waals surface area (Å²) >= 11 is 0. The van der Waals surface area contributed by atoms with Gasteiger partial charge in [-0.25, -0.2) is 0 Å². The highest BCUT2D eigenvalue weighted by atomic mass is 16.4. The predicted octanol–water partition coefficient (Wildman–Crippen LogP) is 7.67. The van der Waals surface area contributed by atoms with E-state index in [1.165, 1.54) is 11.1 Å². The van der Waals surface area contributed by atoms with Crippen LogP contribution in [0.4, 0.5) is 0 Å². The second kappa shape index (κ2) is 13.1. The molecule has 0 bridgehead atoms. The Labute approximate surface area is 265 Å². The van der Waals surface area contributed by atoms with Crippen LogP contribution in [-0.2, 0) is 26.3 Å². The van der Waals surface area contributed by atoms with Gasteiger partial charge in [-0.3, -0.25) is 9.36 Å². The van der Waals surface area contributed by atoms with Crippen molar-refractivity contribution in [3.63, 3.8) is 0 Å². The molecule has 8 aromatic rings. The number of benzene rings is 4. The van der Waals surface area contributed by atoms with Gasteiger partial charge in [-0.2, -0.15) is 10.2 Å². The lowest BCUT2D eigenvalue weighted by Crippen LogP contribution is -2.01. The molecule has 0 radical (unpaired) electrons. The van der Waals surface area contributed by atoms with Crippen LogP contribution in [0, 0.1) is 0 Å². The molecule has 8 nitrogen and oxygen atoms in total. The zero-order valence-electron chi connectivity index (χ0n) is 25.0. The quantitative estimate of drug-likeness (QED) is 0.184. The van der Waals surface area contributed by atoms with Gasteiger partial charge in [0.15, 0.2) is 11.5 Å². The number of para-hydroxylation sites is 2. The lowest BCUT2D eigenvalue weighted by atomic mass is 10.2. The van der Waals surface area contributed by atoms with Crippen LogP contribution in [0.15, 0.2) is 142 Å². The van der Waals surface area contributed by atoms with Gasteiger partial charge in [-0.05, 0) is 47.5 Å². The highest BCUT2D eigenvalue weighted by Gasteiger charge is 2.16. The van der Waals surface area contributed by atoms with Crippen molar-refractivity contribution < 1.29 is 19.0 Å².